The predicted octanol–water partition coefficient (Wildman–Crippen LogP) is 2.99. The number of rotatable bonds is 5. The maximum Gasteiger partial charge on any atom is 0.275 e. The Bertz CT molecular complexity index is 80.9. The van der Waals surface area contributed by atoms with Crippen molar-refractivity contribution >= 4 is 0 Å². The van der Waals surface area contributed by atoms with Crippen LogP contribution in [-0.4, -0.2) is 12.6 Å². The van der Waals surface area contributed by atoms with Gasteiger partial charge < -0.3 is 0 Å². The van der Waals surface area contributed by atoms with Crippen LogP contribution >= 0.6 is 0 Å². The molecule has 61 valence electrons. The first-order valence-electron chi connectivity index (χ1n) is 3.35. The molecule has 0 fully saturated rings. The van der Waals surface area contributed by atoms with Crippen LogP contribution < -0.4 is 0 Å². The number of unbranched alkanes of at least 4 members (excludes halogenated alkanes) is 2. The molecule has 0 bridgehead atoms. The summed E-state index contributed by atoms with van der Waals surface area (Å²) in [5, 5.41) is 0. The lowest BCUT2D eigenvalue weighted by atomic mass is 10.1. The smallest absolute Gasteiger partial charge is 0.244 e. The summed E-state index contributed by atoms with van der Waals surface area (Å²) in [6.45, 7) is 1.95. The summed E-state index contributed by atoms with van der Waals surface area (Å²) in [6.07, 6.45) is 1.30. The van der Waals surface area contributed by atoms with Gasteiger partial charge in [-0.1, -0.05) is 19.8 Å². The number of alkyl halides is 3. The Labute approximate surface area is 59.4 Å². The van der Waals surface area contributed by atoms with Crippen molar-refractivity contribution in [3.63, 3.8) is 0 Å². The van der Waals surface area contributed by atoms with E-state index in [0.717, 1.165) is 0 Å². The van der Waals surface area contributed by atoms with Gasteiger partial charge >= 0.3 is 0 Å². The molecule has 0 amide bonds. The van der Waals surface area contributed by atoms with Crippen molar-refractivity contribution < 1.29 is 13.2 Å². The van der Waals surface area contributed by atoms with Crippen LogP contribution in [0.2, 0.25) is 0 Å². The van der Waals surface area contributed by atoms with Crippen molar-refractivity contribution in [2.75, 3.05) is 6.67 Å². The van der Waals surface area contributed by atoms with E-state index in [4.69, 9.17) is 0 Å². The van der Waals surface area contributed by atoms with Crippen molar-refractivity contribution in [2.45, 2.75) is 31.6 Å². The van der Waals surface area contributed by atoms with Gasteiger partial charge in [0.1, 0.15) is 0 Å². The zero-order valence-corrected chi connectivity index (χ0v) is 5.88. The lowest BCUT2D eigenvalue weighted by Gasteiger charge is -2.10. The van der Waals surface area contributed by atoms with Gasteiger partial charge in [-0.3, -0.25) is 0 Å². The third-order valence-electron chi connectivity index (χ3n) is 1.24. The van der Waals surface area contributed by atoms with Crippen LogP contribution in [0.25, 0.3) is 0 Å². The zero-order chi connectivity index (χ0) is 8.04. The van der Waals surface area contributed by atoms with Gasteiger partial charge in [-0.25, -0.2) is 13.2 Å². The predicted molar refractivity (Wildman–Crippen MR) is 34.7 cm³/mol. The molecule has 0 spiro atoms. The highest BCUT2D eigenvalue weighted by Crippen LogP contribution is 2.21. The third-order valence-corrected chi connectivity index (χ3v) is 1.24. The number of hydrogen-bond donors (Lipinski definition) is 0. The molecule has 0 N–H and O–H groups in total. The molecule has 1 radical (unpaired) electrons. The SMILES string of the molecule is [CH2]CCCCC(F)(F)CF. The Hall–Kier alpha value is -0.210. The monoisotopic (exact) mass is 153 g/mol. The maximum atomic E-state index is 12.1. The highest BCUT2D eigenvalue weighted by Gasteiger charge is 2.27. The van der Waals surface area contributed by atoms with E-state index < -0.39 is 12.6 Å². The molecule has 3 heteroatoms. The normalized spacial score (nSPS) is 12.0. The van der Waals surface area contributed by atoms with Gasteiger partial charge in [0.05, 0.1) is 0 Å². The number of halogens is 3. The topological polar surface area (TPSA) is 0 Å². The van der Waals surface area contributed by atoms with E-state index >= 15 is 0 Å². The minimum Gasteiger partial charge on any atom is -0.244 e. The van der Waals surface area contributed by atoms with Crippen LogP contribution in [0.15, 0.2) is 0 Å². The fourth-order valence-electron chi connectivity index (χ4n) is 0.627. The number of hydrogen-bond acceptors (Lipinski definition) is 0. The summed E-state index contributed by atoms with van der Waals surface area (Å²) < 4.78 is 35.6. The quantitative estimate of drug-likeness (QED) is 0.532. The Morgan fingerprint density at radius 2 is 1.80 bits per heavy atom. The van der Waals surface area contributed by atoms with E-state index in [1.807, 2.05) is 0 Å². The van der Waals surface area contributed by atoms with Crippen LogP contribution in [-0.2, 0) is 0 Å². The van der Waals surface area contributed by atoms with Crippen LogP contribution in [0.3, 0.4) is 0 Å². The molecule has 0 nitrogen and oxygen atoms in total. The lowest BCUT2D eigenvalue weighted by molar-refractivity contribution is -0.0318. The largest absolute Gasteiger partial charge is 0.275 e. The van der Waals surface area contributed by atoms with E-state index in [9.17, 15) is 13.2 Å². The second-order valence-corrected chi connectivity index (χ2v) is 2.30. The van der Waals surface area contributed by atoms with Gasteiger partial charge in [-0.15, -0.1) is 0 Å². The summed E-state index contributed by atoms with van der Waals surface area (Å²) in [7, 11) is 0. The molecule has 0 aliphatic heterocycles. The van der Waals surface area contributed by atoms with Crippen molar-refractivity contribution in [2.24, 2.45) is 0 Å². The fourth-order valence-corrected chi connectivity index (χ4v) is 0.627. The first-order chi connectivity index (χ1) is 4.62. The molecule has 10 heavy (non-hydrogen) atoms. The van der Waals surface area contributed by atoms with E-state index in [1.54, 1.807) is 0 Å². The second kappa shape index (κ2) is 4.58. The Morgan fingerprint density at radius 3 is 2.20 bits per heavy atom. The average Bonchev–Trinajstić information content (AvgIpc) is 1.89. The maximum absolute atomic E-state index is 12.1. The minimum atomic E-state index is -3.10. The summed E-state index contributed by atoms with van der Waals surface area (Å²) in [6, 6.07) is 0. The second-order valence-electron chi connectivity index (χ2n) is 2.30. The molecule has 0 aromatic heterocycles. The molecule has 0 unspecified atom stereocenters. The average molecular weight is 153 g/mol. The van der Waals surface area contributed by atoms with Crippen LogP contribution in [0.5, 0.6) is 0 Å². The Kier molecular flexibility index (Phi) is 4.49. The zero-order valence-electron chi connectivity index (χ0n) is 5.88. The van der Waals surface area contributed by atoms with Crippen LogP contribution in [0.1, 0.15) is 25.7 Å². The Morgan fingerprint density at radius 1 is 1.20 bits per heavy atom. The van der Waals surface area contributed by atoms with Gasteiger partial charge in [0.2, 0.25) is 0 Å². The Balaban J connectivity index is 3.28. The van der Waals surface area contributed by atoms with Crippen molar-refractivity contribution in [3.8, 4) is 0 Å². The molecule has 0 aliphatic carbocycles. The fraction of sp³-hybridized carbons (Fsp3) is 0.857. The molecule has 0 rings (SSSR count). The van der Waals surface area contributed by atoms with Gasteiger partial charge in [-0.2, -0.15) is 0 Å². The molecule has 0 aliphatic rings. The summed E-state index contributed by atoms with van der Waals surface area (Å²) in [4.78, 5) is 0. The van der Waals surface area contributed by atoms with Gasteiger partial charge in [0, 0.05) is 6.42 Å². The lowest BCUT2D eigenvalue weighted by Crippen LogP contribution is -2.17. The van der Waals surface area contributed by atoms with E-state index in [0.29, 0.717) is 19.3 Å². The summed E-state index contributed by atoms with van der Waals surface area (Å²) in [5.74, 6) is -3.10. The summed E-state index contributed by atoms with van der Waals surface area (Å²) >= 11 is 0. The highest BCUT2D eigenvalue weighted by atomic mass is 19.3. The van der Waals surface area contributed by atoms with Crippen molar-refractivity contribution in [1.29, 1.82) is 0 Å². The van der Waals surface area contributed by atoms with Crippen molar-refractivity contribution in [3.05, 3.63) is 6.92 Å². The first kappa shape index (κ1) is 9.79. The van der Waals surface area contributed by atoms with Gasteiger partial charge in [0.25, 0.3) is 5.92 Å². The molecule has 0 saturated heterocycles. The highest BCUT2D eigenvalue weighted by molar-refractivity contribution is 4.63. The standard InChI is InChI=1S/C7H12F3/c1-2-3-4-5-7(9,10)6-8/h1-6H2. The molecule has 0 saturated carbocycles. The molecule has 0 atom stereocenters. The molecular formula is C7H12F3. The van der Waals surface area contributed by atoms with Gasteiger partial charge in [-0.05, 0) is 6.42 Å². The van der Waals surface area contributed by atoms with Gasteiger partial charge in [0.15, 0.2) is 6.67 Å². The molecule has 0 aromatic rings. The van der Waals surface area contributed by atoms with E-state index in [1.165, 1.54) is 0 Å². The van der Waals surface area contributed by atoms with Crippen LogP contribution in [0, 0.1) is 6.92 Å². The first-order valence-corrected chi connectivity index (χ1v) is 3.35. The molecule has 0 aromatic carbocycles. The van der Waals surface area contributed by atoms with E-state index in [-0.39, 0.29) is 6.42 Å². The van der Waals surface area contributed by atoms with Crippen LogP contribution in [0.4, 0.5) is 13.2 Å². The minimum absolute atomic E-state index is 0.348. The van der Waals surface area contributed by atoms with E-state index in [2.05, 4.69) is 6.92 Å². The molecular weight excluding hydrogens is 141 g/mol. The third kappa shape index (κ3) is 4.65. The van der Waals surface area contributed by atoms with Crippen molar-refractivity contribution in [1.82, 2.24) is 0 Å². The summed E-state index contributed by atoms with van der Waals surface area (Å²) in [5.41, 5.74) is 0. The molecule has 0 heterocycles.